The number of carboxylic acid groups (broad SMARTS) is 1. The summed E-state index contributed by atoms with van der Waals surface area (Å²) < 4.78 is 23.6. The predicted molar refractivity (Wildman–Crippen MR) is 65.8 cm³/mol. The zero-order valence-electron chi connectivity index (χ0n) is 10.2. The van der Waals surface area contributed by atoms with Crippen LogP contribution in [0.1, 0.15) is 6.42 Å². The van der Waals surface area contributed by atoms with E-state index in [1.54, 1.807) is 0 Å². The number of carbonyl (C=O) groups excluding carboxylic acids is 2. The molecule has 9 nitrogen and oxygen atoms in total. The van der Waals surface area contributed by atoms with Gasteiger partial charge in [0.15, 0.2) is 0 Å². The minimum Gasteiger partial charge on any atom is -0.478 e. The molecule has 0 saturated heterocycles. The molecule has 10 heteroatoms. The van der Waals surface area contributed by atoms with E-state index in [-0.39, 0.29) is 13.1 Å². The first-order valence-corrected chi connectivity index (χ1v) is 7.04. The highest BCUT2D eigenvalue weighted by atomic mass is 32.2. The van der Waals surface area contributed by atoms with Gasteiger partial charge in [0, 0.05) is 25.2 Å². The van der Waals surface area contributed by atoms with E-state index in [1.807, 2.05) is 5.32 Å². The normalized spacial score (nSPS) is 11.2. The maximum atomic E-state index is 11.1. The van der Waals surface area contributed by atoms with Gasteiger partial charge in [0.25, 0.3) is 5.91 Å². The molecule has 0 unspecified atom stereocenters. The van der Waals surface area contributed by atoms with Crippen LogP contribution in [0.25, 0.3) is 0 Å². The summed E-state index contributed by atoms with van der Waals surface area (Å²) in [7, 11) is -3.26. The van der Waals surface area contributed by atoms with E-state index >= 15 is 0 Å². The second-order valence-corrected chi connectivity index (χ2v) is 5.27. The average molecular weight is 293 g/mol. The zero-order valence-corrected chi connectivity index (χ0v) is 11.0. The standard InChI is InChI=1S/C9H15N3O6S/c1-19(17,18)11-6-2-5-10-9(16)12-7(13)3-4-8(14)15/h3-4,11H,2,5-6H2,1H3,(H,14,15)(H2,10,12,13,16)/b4-3+. The van der Waals surface area contributed by atoms with Gasteiger partial charge in [-0.2, -0.15) is 0 Å². The molecule has 0 atom stereocenters. The summed E-state index contributed by atoms with van der Waals surface area (Å²) in [6, 6.07) is -0.792. The zero-order chi connectivity index (χ0) is 14.9. The van der Waals surface area contributed by atoms with Crippen molar-refractivity contribution in [2.75, 3.05) is 19.3 Å². The monoisotopic (exact) mass is 293 g/mol. The van der Waals surface area contributed by atoms with Crippen LogP contribution in [0.5, 0.6) is 0 Å². The Morgan fingerprint density at radius 2 is 1.79 bits per heavy atom. The number of carboxylic acids is 1. The van der Waals surface area contributed by atoms with E-state index in [2.05, 4.69) is 10.0 Å². The number of carbonyl (C=O) groups is 3. The number of amides is 3. The SMILES string of the molecule is CS(=O)(=O)NCCCNC(=O)NC(=O)/C=C/C(=O)O. The van der Waals surface area contributed by atoms with Gasteiger partial charge in [-0.15, -0.1) is 0 Å². The number of nitrogens with one attached hydrogen (secondary N) is 3. The van der Waals surface area contributed by atoms with Crippen molar-refractivity contribution in [3.8, 4) is 0 Å². The Kier molecular flexibility index (Phi) is 7.37. The number of hydrogen-bond acceptors (Lipinski definition) is 5. The fourth-order valence-electron chi connectivity index (χ4n) is 0.893. The van der Waals surface area contributed by atoms with Gasteiger partial charge in [0.05, 0.1) is 6.26 Å². The molecule has 0 aromatic carbocycles. The third kappa shape index (κ3) is 12.3. The first-order chi connectivity index (χ1) is 8.70. The summed E-state index contributed by atoms with van der Waals surface area (Å²) in [6.45, 7) is 0.316. The van der Waals surface area contributed by atoms with Crippen LogP contribution in [0.15, 0.2) is 12.2 Å². The van der Waals surface area contributed by atoms with E-state index in [0.717, 1.165) is 6.26 Å². The molecular weight excluding hydrogens is 278 g/mol. The Morgan fingerprint density at radius 3 is 2.32 bits per heavy atom. The van der Waals surface area contributed by atoms with E-state index in [4.69, 9.17) is 5.11 Å². The van der Waals surface area contributed by atoms with Crippen LogP contribution >= 0.6 is 0 Å². The lowest BCUT2D eigenvalue weighted by Gasteiger charge is -2.05. The summed E-state index contributed by atoms with van der Waals surface area (Å²) >= 11 is 0. The van der Waals surface area contributed by atoms with Crippen molar-refractivity contribution in [2.45, 2.75) is 6.42 Å². The van der Waals surface area contributed by atoms with Gasteiger partial charge in [0.2, 0.25) is 10.0 Å². The Balaban J connectivity index is 3.76. The van der Waals surface area contributed by atoms with Crippen molar-refractivity contribution >= 4 is 27.9 Å². The van der Waals surface area contributed by atoms with Crippen molar-refractivity contribution in [1.29, 1.82) is 0 Å². The van der Waals surface area contributed by atoms with Gasteiger partial charge in [-0.1, -0.05) is 0 Å². The molecule has 0 bridgehead atoms. The maximum absolute atomic E-state index is 11.1. The molecule has 0 aliphatic rings. The largest absolute Gasteiger partial charge is 0.478 e. The van der Waals surface area contributed by atoms with Crippen LogP contribution < -0.4 is 15.4 Å². The summed E-state index contributed by atoms with van der Waals surface area (Å²) in [6.07, 6.45) is 2.66. The van der Waals surface area contributed by atoms with Crippen LogP contribution in [0.2, 0.25) is 0 Å². The molecule has 0 radical (unpaired) electrons. The summed E-state index contributed by atoms with van der Waals surface area (Å²) in [5.41, 5.74) is 0. The molecule has 19 heavy (non-hydrogen) atoms. The number of hydrogen-bond donors (Lipinski definition) is 4. The molecule has 3 amide bonds. The number of urea groups is 1. The Hall–Kier alpha value is -1.94. The minimum atomic E-state index is -3.26. The third-order valence-electron chi connectivity index (χ3n) is 1.62. The summed E-state index contributed by atoms with van der Waals surface area (Å²) in [5.74, 6) is -2.17. The van der Waals surface area contributed by atoms with E-state index < -0.39 is 27.9 Å². The van der Waals surface area contributed by atoms with Gasteiger partial charge in [-0.05, 0) is 6.42 Å². The second kappa shape index (κ2) is 8.21. The van der Waals surface area contributed by atoms with E-state index in [0.29, 0.717) is 18.6 Å². The Labute approximate surface area is 110 Å². The highest BCUT2D eigenvalue weighted by Gasteiger charge is 2.04. The lowest BCUT2D eigenvalue weighted by atomic mass is 10.4. The average Bonchev–Trinajstić information content (AvgIpc) is 2.24. The minimum absolute atomic E-state index is 0.157. The molecule has 108 valence electrons. The third-order valence-corrected chi connectivity index (χ3v) is 2.35. The summed E-state index contributed by atoms with van der Waals surface area (Å²) in [5, 5.41) is 12.4. The van der Waals surface area contributed by atoms with Crippen molar-refractivity contribution in [1.82, 2.24) is 15.4 Å². The Bertz CT molecular complexity index is 470. The number of sulfonamides is 1. The van der Waals surface area contributed by atoms with E-state index in [9.17, 15) is 22.8 Å². The van der Waals surface area contributed by atoms with Crippen molar-refractivity contribution in [2.24, 2.45) is 0 Å². The fraction of sp³-hybridized carbons (Fsp3) is 0.444. The van der Waals surface area contributed by atoms with E-state index in [1.165, 1.54) is 0 Å². The molecule has 0 spiro atoms. The number of rotatable bonds is 7. The highest BCUT2D eigenvalue weighted by molar-refractivity contribution is 7.88. The Morgan fingerprint density at radius 1 is 1.16 bits per heavy atom. The summed E-state index contributed by atoms with van der Waals surface area (Å²) in [4.78, 5) is 32.2. The lowest BCUT2D eigenvalue weighted by Crippen LogP contribution is -2.39. The molecule has 0 saturated carbocycles. The van der Waals surface area contributed by atoms with Crippen molar-refractivity contribution < 1.29 is 27.9 Å². The van der Waals surface area contributed by atoms with Crippen LogP contribution in [0, 0.1) is 0 Å². The molecule has 0 heterocycles. The molecule has 0 aliphatic carbocycles. The van der Waals surface area contributed by atoms with Gasteiger partial charge in [-0.3, -0.25) is 10.1 Å². The first-order valence-electron chi connectivity index (χ1n) is 5.15. The number of aliphatic carboxylic acids is 1. The van der Waals surface area contributed by atoms with Gasteiger partial charge in [-0.25, -0.2) is 22.7 Å². The molecular formula is C9H15N3O6S. The topological polar surface area (TPSA) is 142 Å². The van der Waals surface area contributed by atoms with Crippen molar-refractivity contribution in [3.05, 3.63) is 12.2 Å². The van der Waals surface area contributed by atoms with Gasteiger partial charge < -0.3 is 10.4 Å². The lowest BCUT2D eigenvalue weighted by molar-refractivity contribution is -0.131. The quantitative estimate of drug-likeness (QED) is 0.329. The first kappa shape index (κ1) is 17.1. The van der Waals surface area contributed by atoms with Crippen LogP contribution in [0.3, 0.4) is 0 Å². The molecule has 0 aromatic heterocycles. The molecule has 0 aliphatic heterocycles. The van der Waals surface area contributed by atoms with Crippen LogP contribution in [0.4, 0.5) is 4.79 Å². The van der Waals surface area contributed by atoms with Crippen LogP contribution in [-0.4, -0.2) is 50.8 Å². The molecule has 4 N–H and O–H groups in total. The molecule has 0 rings (SSSR count). The second-order valence-electron chi connectivity index (χ2n) is 3.44. The fourth-order valence-corrected chi connectivity index (χ4v) is 1.41. The maximum Gasteiger partial charge on any atom is 0.328 e. The smallest absolute Gasteiger partial charge is 0.328 e. The number of imide groups is 1. The van der Waals surface area contributed by atoms with Crippen LogP contribution in [-0.2, 0) is 19.6 Å². The predicted octanol–water partition coefficient (Wildman–Crippen LogP) is -1.61. The van der Waals surface area contributed by atoms with Gasteiger partial charge in [0.1, 0.15) is 0 Å². The molecule has 0 aromatic rings. The van der Waals surface area contributed by atoms with Gasteiger partial charge >= 0.3 is 12.0 Å². The highest BCUT2D eigenvalue weighted by Crippen LogP contribution is 1.79. The van der Waals surface area contributed by atoms with Crippen molar-refractivity contribution in [3.63, 3.8) is 0 Å². The molecule has 0 fully saturated rings.